The third kappa shape index (κ3) is 7.47. The number of hydrogen-bond donors (Lipinski definition) is 0. The molecule has 1 aliphatic heterocycles. The number of nitrogens with zero attached hydrogens (tertiary/aromatic N) is 2. The molecule has 0 saturated heterocycles. The van der Waals surface area contributed by atoms with Gasteiger partial charge in [0, 0.05) is 12.1 Å². The largest absolute Gasteiger partial charge is 1.00 e. The lowest BCUT2D eigenvalue weighted by molar-refractivity contribution is -0.833. The zero-order valence-electron chi connectivity index (χ0n) is 13.9. The second-order valence-corrected chi connectivity index (χ2v) is 5.85. The van der Waals surface area contributed by atoms with Gasteiger partial charge in [-0.05, 0) is 23.3 Å². The van der Waals surface area contributed by atoms with Gasteiger partial charge < -0.3 is 24.8 Å². The Morgan fingerprint density at radius 3 is 1.83 bits per heavy atom. The first kappa shape index (κ1) is 21.4. The molecule has 0 aliphatic carbocycles. The average molecular weight is 351 g/mol. The second kappa shape index (κ2) is 10.2. The van der Waals surface area contributed by atoms with Crippen LogP contribution in [0.2, 0.25) is 0 Å². The summed E-state index contributed by atoms with van der Waals surface area (Å²) < 4.78 is 3.02. The maximum Gasteiger partial charge on any atom is 0.169 e. The van der Waals surface area contributed by atoms with Crippen molar-refractivity contribution in [2.45, 2.75) is 0 Å². The molecule has 1 aliphatic rings. The van der Waals surface area contributed by atoms with Gasteiger partial charge in [-0.2, -0.15) is 0 Å². The van der Waals surface area contributed by atoms with Crippen LogP contribution in [0.4, 0.5) is 0 Å². The lowest BCUT2D eigenvalue weighted by atomic mass is 10.1. The molecular weight excluding hydrogens is 327 g/mol. The minimum Gasteiger partial charge on any atom is -1.00 e. The molecule has 124 valence electrons. The quantitative estimate of drug-likeness (QED) is 0.390. The molecule has 0 atom stereocenters. The van der Waals surface area contributed by atoms with Crippen LogP contribution in [0.25, 0.3) is 11.1 Å². The summed E-state index contributed by atoms with van der Waals surface area (Å²) in [7, 11) is 6.38. The first-order valence-electron chi connectivity index (χ1n) is 7.25. The van der Waals surface area contributed by atoms with Gasteiger partial charge in [-0.3, -0.25) is 4.48 Å². The number of aryl methyl sites for hydroxylation is 1. The summed E-state index contributed by atoms with van der Waals surface area (Å²) in [5.74, 6) is 0. The van der Waals surface area contributed by atoms with E-state index in [1.54, 1.807) is 0 Å². The Hall–Kier alpha value is -1.61. The number of allylic oxidation sites excluding steroid dienone is 2. The van der Waals surface area contributed by atoms with E-state index in [0.29, 0.717) is 0 Å². The molecule has 23 heavy (non-hydrogen) atoms. The molecule has 2 heterocycles. The molecule has 1 aromatic heterocycles. The molecule has 0 bridgehead atoms. The van der Waals surface area contributed by atoms with Gasteiger partial charge in [0.2, 0.25) is 0 Å². The molecule has 1 aromatic carbocycles. The van der Waals surface area contributed by atoms with Crippen LogP contribution in [-0.4, -0.2) is 25.1 Å². The minimum atomic E-state index is 0. The predicted molar refractivity (Wildman–Crippen MR) is 88.3 cm³/mol. The van der Waals surface area contributed by atoms with Gasteiger partial charge in [-0.25, -0.2) is 4.57 Å². The van der Waals surface area contributed by atoms with Gasteiger partial charge in [0.05, 0.1) is 20.3 Å². The molecule has 0 unspecified atom stereocenters. The summed E-state index contributed by atoms with van der Waals surface area (Å²) in [5.41, 5.74) is 2.53. The van der Waals surface area contributed by atoms with Crippen LogP contribution in [0.1, 0.15) is 0 Å². The summed E-state index contributed by atoms with van der Waals surface area (Å²) in [5, 5.41) is 0. The number of halogens is 2. The highest BCUT2D eigenvalue weighted by Gasteiger charge is 2.08. The summed E-state index contributed by atoms with van der Waals surface area (Å²) in [6.07, 6.45) is 12.7. The van der Waals surface area contributed by atoms with E-state index in [9.17, 15) is 0 Å². The Labute approximate surface area is 152 Å². The molecule has 0 spiro atoms. The number of benzene rings is 1. The number of rotatable bonds is 1. The average Bonchev–Trinajstić information content (AvgIpc) is 2.49. The molecular formula is C19H24Cl2N2. The van der Waals surface area contributed by atoms with Crippen LogP contribution in [-0.2, 0) is 7.05 Å². The topological polar surface area (TPSA) is 3.88 Å². The van der Waals surface area contributed by atoms with E-state index in [1.807, 2.05) is 17.7 Å². The van der Waals surface area contributed by atoms with E-state index in [1.165, 1.54) is 11.1 Å². The van der Waals surface area contributed by atoms with Crippen molar-refractivity contribution in [3.8, 4) is 11.1 Å². The van der Waals surface area contributed by atoms with Crippen LogP contribution in [0.3, 0.4) is 0 Å². The minimum absolute atomic E-state index is 0. The first-order chi connectivity index (χ1) is 10.1. The van der Waals surface area contributed by atoms with E-state index in [2.05, 4.69) is 87.3 Å². The zero-order chi connectivity index (χ0) is 15.1. The van der Waals surface area contributed by atoms with Crippen molar-refractivity contribution in [2.24, 2.45) is 7.05 Å². The molecule has 3 rings (SSSR count). The van der Waals surface area contributed by atoms with Crippen LogP contribution in [0.5, 0.6) is 0 Å². The highest BCUT2D eigenvalue weighted by molar-refractivity contribution is 5.61. The fourth-order valence-corrected chi connectivity index (χ4v) is 2.08. The Kier molecular flexibility index (Phi) is 9.50. The van der Waals surface area contributed by atoms with Gasteiger partial charge in [0.25, 0.3) is 0 Å². The number of likely N-dealkylation sites (N-methyl/N-ethyl adjacent to an activating group) is 1. The molecule has 2 nitrogen and oxygen atoms in total. The number of quaternary nitrogens is 1. The van der Waals surface area contributed by atoms with E-state index in [-0.39, 0.29) is 24.8 Å². The Morgan fingerprint density at radius 2 is 1.39 bits per heavy atom. The third-order valence-corrected chi connectivity index (χ3v) is 3.40. The third-order valence-electron chi connectivity index (χ3n) is 3.40. The van der Waals surface area contributed by atoms with Gasteiger partial charge in [0.15, 0.2) is 12.4 Å². The lowest BCUT2D eigenvalue weighted by Crippen LogP contribution is -3.00. The molecule has 0 saturated carbocycles. The van der Waals surface area contributed by atoms with Gasteiger partial charge >= 0.3 is 0 Å². The number of pyridine rings is 1. The number of aromatic nitrogens is 1. The van der Waals surface area contributed by atoms with Gasteiger partial charge in [0.1, 0.15) is 13.6 Å². The fourth-order valence-electron chi connectivity index (χ4n) is 2.08. The van der Waals surface area contributed by atoms with E-state index >= 15 is 0 Å². The lowest BCUT2D eigenvalue weighted by Gasteiger charge is -2.24. The summed E-state index contributed by atoms with van der Waals surface area (Å²) in [4.78, 5) is 0. The SMILES string of the molecule is C[N+]1(C)C=CC=CC1.C[n+]1ccc(-c2ccccc2)cc1.[Cl-].[Cl-]. The first-order valence-corrected chi connectivity index (χ1v) is 7.25. The maximum atomic E-state index is 2.18. The normalized spacial score (nSPS) is 13.9. The Balaban J connectivity index is 0.000000425. The molecule has 2 aromatic rings. The molecule has 4 heteroatoms. The van der Waals surface area contributed by atoms with Gasteiger partial charge in [-0.1, -0.05) is 36.4 Å². The van der Waals surface area contributed by atoms with Crippen LogP contribution in [0, 0.1) is 0 Å². The van der Waals surface area contributed by atoms with Crippen LogP contribution in [0.15, 0.2) is 79.3 Å². The predicted octanol–water partition coefficient (Wildman–Crippen LogP) is -2.67. The maximum absolute atomic E-state index is 2.18. The standard InChI is InChI=1S/C12H12N.C7H12N.2ClH/c1-13-9-7-12(8-10-13)11-5-3-2-4-6-11;1-8(2)6-4-3-5-7-8;;/h2-10H,1H3;3-6H,7H2,1-2H3;2*1H/q2*+1;;/p-2. The van der Waals surface area contributed by atoms with Crippen molar-refractivity contribution in [3.63, 3.8) is 0 Å². The van der Waals surface area contributed by atoms with Crippen molar-refractivity contribution < 1.29 is 33.9 Å². The summed E-state index contributed by atoms with van der Waals surface area (Å²) in [6.45, 7) is 1.12. The zero-order valence-corrected chi connectivity index (χ0v) is 15.4. The summed E-state index contributed by atoms with van der Waals surface area (Å²) >= 11 is 0. The second-order valence-electron chi connectivity index (χ2n) is 5.85. The fraction of sp³-hybridized carbons (Fsp3) is 0.211. The summed E-state index contributed by atoms with van der Waals surface area (Å²) in [6, 6.07) is 14.6. The van der Waals surface area contributed by atoms with Crippen molar-refractivity contribution in [2.75, 3.05) is 20.6 Å². The van der Waals surface area contributed by atoms with Crippen molar-refractivity contribution in [1.82, 2.24) is 0 Å². The van der Waals surface area contributed by atoms with E-state index < -0.39 is 0 Å². The molecule has 0 N–H and O–H groups in total. The number of hydrogen-bond acceptors (Lipinski definition) is 0. The van der Waals surface area contributed by atoms with E-state index in [0.717, 1.165) is 11.0 Å². The molecule has 0 amide bonds. The van der Waals surface area contributed by atoms with Crippen molar-refractivity contribution in [1.29, 1.82) is 0 Å². The van der Waals surface area contributed by atoms with Crippen LogP contribution >= 0.6 is 0 Å². The van der Waals surface area contributed by atoms with Gasteiger partial charge in [-0.15, -0.1) is 0 Å². The van der Waals surface area contributed by atoms with E-state index in [4.69, 9.17) is 0 Å². The van der Waals surface area contributed by atoms with Crippen molar-refractivity contribution in [3.05, 3.63) is 79.3 Å². The highest BCUT2D eigenvalue weighted by atomic mass is 35.5. The Morgan fingerprint density at radius 1 is 0.826 bits per heavy atom. The monoisotopic (exact) mass is 350 g/mol. The molecule has 0 fully saturated rings. The van der Waals surface area contributed by atoms with Crippen LogP contribution < -0.4 is 29.4 Å². The highest BCUT2D eigenvalue weighted by Crippen LogP contribution is 2.16. The Bertz CT molecular complexity index is 618. The van der Waals surface area contributed by atoms with Crippen molar-refractivity contribution >= 4 is 0 Å². The smallest absolute Gasteiger partial charge is 0.169 e. The molecule has 0 radical (unpaired) electrons.